The molecule has 0 bridgehead atoms. The molecule has 1 heterocycles. The molecule has 0 spiro atoms. The van der Waals surface area contributed by atoms with Crippen LogP contribution in [0.2, 0.25) is 0 Å². The fraction of sp³-hybridized carbons (Fsp3) is 0.941. The number of rotatable bonds is 3. The zero-order valence-corrected chi connectivity index (χ0v) is 13.4. The molecule has 1 aliphatic carbocycles. The average Bonchev–Trinajstić information content (AvgIpc) is 2.59. The van der Waals surface area contributed by atoms with Crippen LogP contribution in [0.5, 0.6) is 0 Å². The van der Waals surface area contributed by atoms with Gasteiger partial charge in [-0.2, -0.15) is 0 Å². The minimum Gasteiger partial charge on any atom is -0.368 e. The Morgan fingerprint density at radius 1 is 1.05 bits per heavy atom. The van der Waals surface area contributed by atoms with Gasteiger partial charge in [-0.3, -0.25) is 4.79 Å². The van der Waals surface area contributed by atoms with Gasteiger partial charge in [0.25, 0.3) is 0 Å². The lowest BCUT2D eigenvalue weighted by molar-refractivity contribution is -0.142. The third kappa shape index (κ3) is 4.21. The van der Waals surface area contributed by atoms with E-state index in [0.717, 1.165) is 19.4 Å². The van der Waals surface area contributed by atoms with Crippen molar-refractivity contribution in [2.45, 2.75) is 77.9 Å². The van der Waals surface area contributed by atoms with Crippen LogP contribution >= 0.6 is 0 Å². The van der Waals surface area contributed by atoms with Gasteiger partial charge in [0.15, 0.2) is 0 Å². The number of ether oxygens (including phenoxy) is 1. The molecule has 3 heteroatoms. The molecule has 4 atom stereocenters. The van der Waals surface area contributed by atoms with E-state index in [9.17, 15) is 4.79 Å². The zero-order valence-electron chi connectivity index (χ0n) is 13.4. The first-order chi connectivity index (χ1) is 9.58. The van der Waals surface area contributed by atoms with E-state index in [1.54, 1.807) is 0 Å². The van der Waals surface area contributed by atoms with Gasteiger partial charge in [-0.15, -0.1) is 0 Å². The Labute approximate surface area is 124 Å². The summed E-state index contributed by atoms with van der Waals surface area (Å²) in [5.41, 5.74) is 0. The Morgan fingerprint density at radius 3 is 2.55 bits per heavy atom. The number of carbonyl (C=O) groups is 1. The molecule has 20 heavy (non-hydrogen) atoms. The molecule has 1 amide bonds. The quantitative estimate of drug-likeness (QED) is 0.790. The summed E-state index contributed by atoms with van der Waals surface area (Å²) in [6.07, 6.45) is 8.86. The van der Waals surface area contributed by atoms with Gasteiger partial charge in [0.05, 0.1) is 6.10 Å². The van der Waals surface area contributed by atoms with E-state index in [-0.39, 0.29) is 12.5 Å². The number of likely N-dealkylation sites (tertiary alicyclic amines) is 1. The smallest absolute Gasteiger partial charge is 0.248 e. The van der Waals surface area contributed by atoms with E-state index in [1.165, 1.54) is 32.1 Å². The van der Waals surface area contributed by atoms with Crippen molar-refractivity contribution in [3.63, 3.8) is 0 Å². The van der Waals surface area contributed by atoms with Gasteiger partial charge in [-0.05, 0) is 44.4 Å². The Hall–Kier alpha value is -0.570. The Balaban J connectivity index is 1.83. The lowest BCUT2D eigenvalue weighted by Crippen LogP contribution is -2.43. The average molecular weight is 281 g/mol. The van der Waals surface area contributed by atoms with Crippen molar-refractivity contribution in [3.05, 3.63) is 0 Å². The second-order valence-electron chi connectivity index (χ2n) is 7.04. The summed E-state index contributed by atoms with van der Waals surface area (Å²) in [4.78, 5) is 14.5. The summed E-state index contributed by atoms with van der Waals surface area (Å²) >= 11 is 0. The standard InChI is InChI=1S/C17H31NO2/c1-13-7-6-9-15(3)18(11-13)17(19)12-20-16-10-5-4-8-14(16)2/h13-16H,4-12H2,1-3H3/t13-,14+,15+,16-/m1/s1. The van der Waals surface area contributed by atoms with Crippen LogP contribution in [-0.2, 0) is 9.53 Å². The highest BCUT2D eigenvalue weighted by atomic mass is 16.5. The molecule has 2 rings (SSSR count). The summed E-state index contributed by atoms with van der Waals surface area (Å²) in [5, 5.41) is 0. The van der Waals surface area contributed by atoms with Crippen molar-refractivity contribution in [1.82, 2.24) is 4.90 Å². The fourth-order valence-electron chi connectivity index (χ4n) is 3.66. The van der Waals surface area contributed by atoms with Crippen LogP contribution in [0.1, 0.15) is 65.7 Å². The molecular weight excluding hydrogens is 250 g/mol. The molecule has 0 radical (unpaired) electrons. The molecule has 0 aromatic carbocycles. The minimum absolute atomic E-state index is 0.198. The van der Waals surface area contributed by atoms with Crippen molar-refractivity contribution in [3.8, 4) is 0 Å². The van der Waals surface area contributed by atoms with E-state index >= 15 is 0 Å². The van der Waals surface area contributed by atoms with Crippen LogP contribution in [0.3, 0.4) is 0 Å². The predicted octanol–water partition coefficient (Wildman–Crippen LogP) is 3.62. The summed E-state index contributed by atoms with van der Waals surface area (Å²) in [7, 11) is 0. The number of carbonyl (C=O) groups excluding carboxylic acids is 1. The molecule has 0 N–H and O–H groups in total. The molecule has 1 saturated heterocycles. The predicted molar refractivity (Wildman–Crippen MR) is 81.6 cm³/mol. The first kappa shape index (κ1) is 15.8. The molecule has 116 valence electrons. The second-order valence-corrected chi connectivity index (χ2v) is 7.04. The van der Waals surface area contributed by atoms with Gasteiger partial charge < -0.3 is 9.64 Å². The summed E-state index contributed by atoms with van der Waals surface area (Å²) in [6, 6.07) is 0.375. The number of hydrogen-bond acceptors (Lipinski definition) is 2. The lowest BCUT2D eigenvalue weighted by Gasteiger charge is -2.32. The molecule has 3 nitrogen and oxygen atoms in total. The van der Waals surface area contributed by atoms with Gasteiger partial charge in [0, 0.05) is 12.6 Å². The maximum atomic E-state index is 12.5. The highest BCUT2D eigenvalue weighted by Gasteiger charge is 2.27. The van der Waals surface area contributed by atoms with Crippen LogP contribution in [0, 0.1) is 11.8 Å². The number of hydrogen-bond donors (Lipinski definition) is 0. The van der Waals surface area contributed by atoms with E-state index in [1.807, 2.05) is 0 Å². The monoisotopic (exact) mass is 281 g/mol. The van der Waals surface area contributed by atoms with Gasteiger partial charge >= 0.3 is 0 Å². The van der Waals surface area contributed by atoms with Gasteiger partial charge in [-0.1, -0.05) is 33.1 Å². The highest BCUT2D eigenvalue weighted by Crippen LogP contribution is 2.26. The van der Waals surface area contributed by atoms with Gasteiger partial charge in [0.2, 0.25) is 5.91 Å². The minimum atomic E-state index is 0.198. The largest absolute Gasteiger partial charge is 0.368 e. The first-order valence-electron chi connectivity index (χ1n) is 8.49. The molecular formula is C17H31NO2. The summed E-state index contributed by atoms with van der Waals surface area (Å²) < 4.78 is 5.94. The van der Waals surface area contributed by atoms with Crippen molar-refractivity contribution in [2.75, 3.05) is 13.2 Å². The third-order valence-electron chi connectivity index (χ3n) is 5.13. The molecule has 2 fully saturated rings. The van der Waals surface area contributed by atoms with Crippen molar-refractivity contribution < 1.29 is 9.53 Å². The molecule has 2 aliphatic rings. The van der Waals surface area contributed by atoms with Crippen molar-refractivity contribution in [2.24, 2.45) is 11.8 Å². The highest BCUT2D eigenvalue weighted by molar-refractivity contribution is 5.77. The van der Waals surface area contributed by atoms with E-state index in [2.05, 4.69) is 25.7 Å². The SMILES string of the molecule is C[C@@H]1CCC[C@H](C)N(C(=O)CO[C@@H]2CCCC[C@@H]2C)C1. The molecule has 0 aromatic rings. The molecule has 0 unspecified atom stereocenters. The molecule has 1 aliphatic heterocycles. The van der Waals surface area contributed by atoms with Gasteiger partial charge in [0.1, 0.15) is 6.61 Å². The lowest BCUT2D eigenvalue weighted by atomic mass is 9.88. The number of amides is 1. The Bertz CT molecular complexity index is 318. The summed E-state index contributed by atoms with van der Waals surface area (Å²) in [6.45, 7) is 7.88. The van der Waals surface area contributed by atoms with Crippen LogP contribution in [0.25, 0.3) is 0 Å². The van der Waals surface area contributed by atoms with Crippen LogP contribution in [0.4, 0.5) is 0 Å². The van der Waals surface area contributed by atoms with Crippen molar-refractivity contribution in [1.29, 1.82) is 0 Å². The number of nitrogens with zero attached hydrogens (tertiary/aromatic N) is 1. The topological polar surface area (TPSA) is 29.5 Å². The maximum Gasteiger partial charge on any atom is 0.248 e. The first-order valence-corrected chi connectivity index (χ1v) is 8.49. The van der Waals surface area contributed by atoms with Gasteiger partial charge in [-0.25, -0.2) is 0 Å². The van der Waals surface area contributed by atoms with Crippen molar-refractivity contribution >= 4 is 5.91 Å². The zero-order chi connectivity index (χ0) is 14.5. The Morgan fingerprint density at radius 2 is 1.80 bits per heavy atom. The maximum absolute atomic E-state index is 12.5. The summed E-state index contributed by atoms with van der Waals surface area (Å²) in [5.74, 6) is 1.43. The Kier molecular flexibility index (Phi) is 5.88. The van der Waals surface area contributed by atoms with Crippen LogP contribution in [-0.4, -0.2) is 36.1 Å². The van der Waals surface area contributed by atoms with E-state index in [0.29, 0.717) is 24.0 Å². The fourth-order valence-corrected chi connectivity index (χ4v) is 3.66. The van der Waals surface area contributed by atoms with Crippen LogP contribution < -0.4 is 0 Å². The van der Waals surface area contributed by atoms with Crippen LogP contribution in [0.15, 0.2) is 0 Å². The second kappa shape index (κ2) is 7.44. The third-order valence-corrected chi connectivity index (χ3v) is 5.13. The molecule has 0 aromatic heterocycles. The molecule has 1 saturated carbocycles. The van der Waals surface area contributed by atoms with E-state index in [4.69, 9.17) is 4.74 Å². The van der Waals surface area contributed by atoms with E-state index < -0.39 is 0 Å². The normalized spacial score (nSPS) is 35.6.